The molecule has 0 aromatic heterocycles. The van der Waals surface area contributed by atoms with Crippen molar-refractivity contribution in [2.45, 2.75) is 93.2 Å². The Morgan fingerprint density at radius 3 is 1.89 bits per heavy atom. The Morgan fingerprint density at radius 2 is 1.50 bits per heavy atom. The molecule has 0 aliphatic rings. The number of nitrogens with two attached hydrogens (primary N) is 1. The number of primary amides is 1. The van der Waals surface area contributed by atoms with Crippen LogP contribution < -0.4 is 21.7 Å². The summed E-state index contributed by atoms with van der Waals surface area (Å²) in [5.41, 5.74) is 4.97. The van der Waals surface area contributed by atoms with Gasteiger partial charge in [-0.1, -0.05) is 48.5 Å². The van der Waals surface area contributed by atoms with Gasteiger partial charge in [0.05, 0.1) is 6.04 Å². The van der Waals surface area contributed by atoms with Gasteiger partial charge in [0.25, 0.3) is 0 Å². The molecule has 0 aromatic carbocycles. The number of ketones is 1. The Morgan fingerprint density at radius 1 is 0.964 bits per heavy atom. The van der Waals surface area contributed by atoms with Crippen LogP contribution in [0.4, 0.5) is 4.79 Å². The largest absolute Gasteiger partial charge is 0.352 e. The van der Waals surface area contributed by atoms with Gasteiger partial charge in [0.1, 0.15) is 6.04 Å². The molecule has 4 amide bonds. The normalized spacial score (nSPS) is 11.6. The van der Waals surface area contributed by atoms with Crippen LogP contribution in [-0.2, 0) is 14.4 Å². The van der Waals surface area contributed by atoms with E-state index in [1.54, 1.807) is 0 Å². The molecule has 0 aromatic rings. The summed E-state index contributed by atoms with van der Waals surface area (Å²) in [6.07, 6.45) is 1.93. The van der Waals surface area contributed by atoms with Crippen LogP contribution in [0.15, 0.2) is 0 Å². The number of urea groups is 1. The fourth-order valence-electron chi connectivity index (χ4n) is 2.16. The second kappa shape index (κ2) is 19.6. The average Bonchev–Trinajstić information content (AvgIpc) is 2.65. The highest BCUT2D eigenvalue weighted by atomic mass is 16.2. The van der Waals surface area contributed by atoms with Gasteiger partial charge in [-0.2, -0.15) is 0 Å². The number of Topliss-reactive ketones (excluding diaryl/α,β-unsaturated/α-hetero) is 1. The lowest BCUT2D eigenvalue weighted by molar-refractivity contribution is -0.132. The van der Waals surface area contributed by atoms with Crippen LogP contribution in [0.25, 0.3) is 0 Å². The van der Waals surface area contributed by atoms with E-state index in [-0.39, 0.29) is 23.5 Å². The van der Waals surface area contributed by atoms with Gasteiger partial charge in [-0.3, -0.25) is 14.4 Å². The molecule has 0 rings (SSSR count). The lowest BCUT2D eigenvalue weighted by Crippen LogP contribution is -2.53. The molecule has 0 spiro atoms. The predicted molar refractivity (Wildman–Crippen MR) is 114 cm³/mol. The van der Waals surface area contributed by atoms with Crippen molar-refractivity contribution in [1.29, 1.82) is 0 Å². The standard InChI is InChI=1S/C16H30N4O4.2C2H6/c1-5-7-13(22)20-14(10(2)3)15(23)19-12(11(4)21)8-6-9-18-16(17)24;2*1-2/h10,12,14H,5-9H2,1-4H3,(H,19,23)(H,20,22)(H3,17,18,24);2*1-2H3. The maximum absolute atomic E-state index is 12.4. The van der Waals surface area contributed by atoms with Crippen molar-refractivity contribution in [1.82, 2.24) is 16.0 Å². The highest BCUT2D eigenvalue weighted by Crippen LogP contribution is 2.06. The number of hydrogen-bond donors (Lipinski definition) is 4. The summed E-state index contributed by atoms with van der Waals surface area (Å²) >= 11 is 0. The van der Waals surface area contributed by atoms with Gasteiger partial charge in [0, 0.05) is 13.0 Å². The fourth-order valence-corrected chi connectivity index (χ4v) is 2.16. The molecule has 0 bridgehead atoms. The summed E-state index contributed by atoms with van der Waals surface area (Å²) in [5, 5.41) is 7.83. The van der Waals surface area contributed by atoms with Gasteiger partial charge in [0.2, 0.25) is 11.8 Å². The first kappa shape index (κ1) is 30.6. The number of carbonyl (C=O) groups excluding carboxylic acids is 4. The first-order valence-corrected chi connectivity index (χ1v) is 10.3. The van der Waals surface area contributed by atoms with Gasteiger partial charge in [0.15, 0.2) is 5.78 Å². The number of rotatable bonds is 11. The zero-order valence-electron chi connectivity index (χ0n) is 19.0. The number of amides is 4. The maximum Gasteiger partial charge on any atom is 0.312 e. The molecular weight excluding hydrogens is 360 g/mol. The molecule has 0 heterocycles. The molecule has 0 aliphatic heterocycles. The molecule has 8 nitrogen and oxygen atoms in total. The van der Waals surface area contributed by atoms with Crippen molar-refractivity contribution in [3.63, 3.8) is 0 Å². The minimum absolute atomic E-state index is 0.102. The molecule has 0 saturated heterocycles. The Hall–Kier alpha value is -2.12. The van der Waals surface area contributed by atoms with Gasteiger partial charge < -0.3 is 21.7 Å². The van der Waals surface area contributed by atoms with E-state index in [2.05, 4.69) is 16.0 Å². The van der Waals surface area contributed by atoms with E-state index in [9.17, 15) is 19.2 Å². The predicted octanol–water partition coefficient (Wildman–Crippen LogP) is 2.50. The molecule has 28 heavy (non-hydrogen) atoms. The van der Waals surface area contributed by atoms with Crippen molar-refractivity contribution >= 4 is 23.6 Å². The van der Waals surface area contributed by atoms with E-state index in [1.807, 2.05) is 48.5 Å². The van der Waals surface area contributed by atoms with Crippen LogP contribution in [0.1, 0.15) is 81.1 Å². The molecule has 0 radical (unpaired) electrons. The van der Waals surface area contributed by atoms with E-state index in [0.717, 1.165) is 0 Å². The molecule has 8 heteroatoms. The molecule has 0 fully saturated rings. The zero-order valence-corrected chi connectivity index (χ0v) is 19.0. The lowest BCUT2D eigenvalue weighted by atomic mass is 10.0. The van der Waals surface area contributed by atoms with Crippen LogP contribution in [0.2, 0.25) is 0 Å². The lowest BCUT2D eigenvalue weighted by Gasteiger charge is -2.24. The Labute approximate surface area is 170 Å². The van der Waals surface area contributed by atoms with Gasteiger partial charge >= 0.3 is 6.03 Å². The number of hydrogen-bond acceptors (Lipinski definition) is 4. The first-order chi connectivity index (χ1) is 13.2. The van der Waals surface area contributed by atoms with Crippen molar-refractivity contribution in [2.24, 2.45) is 11.7 Å². The van der Waals surface area contributed by atoms with Crippen molar-refractivity contribution in [3.05, 3.63) is 0 Å². The second-order valence-electron chi connectivity index (χ2n) is 6.14. The van der Waals surface area contributed by atoms with Gasteiger partial charge in [-0.15, -0.1) is 0 Å². The quantitative estimate of drug-likeness (QED) is 0.395. The second-order valence-corrected chi connectivity index (χ2v) is 6.14. The Kier molecular flexibility index (Phi) is 21.5. The molecule has 5 N–H and O–H groups in total. The third-order valence-corrected chi connectivity index (χ3v) is 3.52. The molecule has 166 valence electrons. The van der Waals surface area contributed by atoms with E-state index >= 15 is 0 Å². The number of nitrogens with one attached hydrogen (secondary N) is 3. The average molecular weight is 403 g/mol. The van der Waals surface area contributed by atoms with E-state index in [1.165, 1.54) is 6.92 Å². The minimum atomic E-state index is -0.686. The third-order valence-electron chi connectivity index (χ3n) is 3.52. The maximum atomic E-state index is 12.4. The van der Waals surface area contributed by atoms with Crippen molar-refractivity contribution in [3.8, 4) is 0 Å². The van der Waals surface area contributed by atoms with Crippen molar-refractivity contribution in [2.75, 3.05) is 6.54 Å². The van der Waals surface area contributed by atoms with Crippen LogP contribution in [0.5, 0.6) is 0 Å². The summed E-state index contributed by atoms with van der Waals surface area (Å²) in [5.74, 6) is -0.839. The van der Waals surface area contributed by atoms with Crippen LogP contribution in [-0.4, -0.2) is 42.3 Å². The van der Waals surface area contributed by atoms with Crippen LogP contribution in [0.3, 0.4) is 0 Å². The smallest absolute Gasteiger partial charge is 0.312 e. The van der Waals surface area contributed by atoms with E-state index in [4.69, 9.17) is 5.73 Å². The van der Waals surface area contributed by atoms with Crippen LogP contribution >= 0.6 is 0 Å². The monoisotopic (exact) mass is 402 g/mol. The summed E-state index contributed by atoms with van der Waals surface area (Å²) in [6, 6.07) is -1.97. The first-order valence-electron chi connectivity index (χ1n) is 10.3. The van der Waals surface area contributed by atoms with E-state index < -0.39 is 18.1 Å². The summed E-state index contributed by atoms with van der Waals surface area (Å²) in [7, 11) is 0. The Bertz CT molecular complexity index is 453. The number of carbonyl (C=O) groups is 4. The summed E-state index contributed by atoms with van der Waals surface area (Å²) in [4.78, 5) is 46.5. The third kappa shape index (κ3) is 16.1. The summed E-state index contributed by atoms with van der Waals surface area (Å²) in [6.45, 7) is 15.3. The highest BCUT2D eigenvalue weighted by Gasteiger charge is 2.27. The van der Waals surface area contributed by atoms with Gasteiger partial charge in [-0.05, 0) is 32.1 Å². The van der Waals surface area contributed by atoms with Gasteiger partial charge in [-0.25, -0.2) is 4.79 Å². The molecule has 0 aliphatic carbocycles. The topological polar surface area (TPSA) is 130 Å². The zero-order chi connectivity index (χ0) is 22.7. The van der Waals surface area contributed by atoms with E-state index in [0.29, 0.717) is 32.2 Å². The molecule has 2 atom stereocenters. The molecular formula is C20H42N4O4. The van der Waals surface area contributed by atoms with Crippen molar-refractivity contribution < 1.29 is 19.2 Å². The fraction of sp³-hybridized carbons (Fsp3) is 0.800. The SMILES string of the molecule is CC.CC.CCCC(=O)NC(C(=O)NC(CCCNC(N)=O)C(C)=O)C(C)C. The Balaban J connectivity index is -0.00000146. The minimum Gasteiger partial charge on any atom is -0.352 e. The molecule has 2 unspecified atom stereocenters. The van der Waals surface area contributed by atoms with Crippen LogP contribution in [0, 0.1) is 5.92 Å². The summed E-state index contributed by atoms with van der Waals surface area (Å²) < 4.78 is 0. The molecule has 0 saturated carbocycles. The highest BCUT2D eigenvalue weighted by molar-refractivity contribution is 5.92.